The van der Waals surface area contributed by atoms with Gasteiger partial charge in [-0.05, 0) is 6.92 Å². The number of carbonyl (C=O) groups is 2. The molecule has 1 saturated heterocycles. The third-order valence-corrected chi connectivity index (χ3v) is 2.27. The predicted molar refractivity (Wildman–Crippen MR) is 56.9 cm³/mol. The fourth-order valence-electron chi connectivity index (χ4n) is 1.44. The Balaban J connectivity index is 2.33. The first kappa shape index (κ1) is 12.4. The third kappa shape index (κ3) is 3.80. The van der Waals surface area contributed by atoms with Crippen LogP contribution in [-0.4, -0.2) is 59.8 Å². The molecule has 16 heavy (non-hydrogen) atoms. The maximum atomic E-state index is 11.3. The van der Waals surface area contributed by atoms with E-state index in [0.717, 1.165) is 6.08 Å². The van der Waals surface area contributed by atoms with Crippen molar-refractivity contribution < 1.29 is 19.4 Å². The summed E-state index contributed by atoms with van der Waals surface area (Å²) in [7, 11) is 0. The SMILES string of the molecule is CCOC(=O)N1CCN(/C=C/C(=O)O)CC1. The average molecular weight is 228 g/mol. The van der Waals surface area contributed by atoms with Crippen LogP contribution in [0, 0.1) is 0 Å². The van der Waals surface area contributed by atoms with Crippen molar-refractivity contribution in [2.24, 2.45) is 0 Å². The van der Waals surface area contributed by atoms with Gasteiger partial charge in [-0.3, -0.25) is 0 Å². The van der Waals surface area contributed by atoms with Gasteiger partial charge in [-0.1, -0.05) is 0 Å². The maximum Gasteiger partial charge on any atom is 0.409 e. The van der Waals surface area contributed by atoms with E-state index in [1.807, 2.05) is 4.90 Å². The van der Waals surface area contributed by atoms with E-state index in [2.05, 4.69) is 0 Å². The number of amides is 1. The molecule has 0 saturated carbocycles. The minimum Gasteiger partial charge on any atom is -0.478 e. The highest BCUT2D eigenvalue weighted by Crippen LogP contribution is 2.04. The zero-order valence-electron chi connectivity index (χ0n) is 9.26. The summed E-state index contributed by atoms with van der Waals surface area (Å²) >= 11 is 0. The lowest BCUT2D eigenvalue weighted by atomic mass is 10.3. The van der Waals surface area contributed by atoms with E-state index in [4.69, 9.17) is 9.84 Å². The van der Waals surface area contributed by atoms with Crippen LogP contribution in [0.2, 0.25) is 0 Å². The summed E-state index contributed by atoms with van der Waals surface area (Å²) in [5, 5.41) is 8.46. The molecule has 1 aliphatic rings. The molecule has 1 fully saturated rings. The molecule has 0 aromatic rings. The molecule has 1 heterocycles. The van der Waals surface area contributed by atoms with Gasteiger partial charge in [0.05, 0.1) is 6.61 Å². The molecule has 0 atom stereocenters. The van der Waals surface area contributed by atoms with Crippen LogP contribution in [0.4, 0.5) is 4.79 Å². The van der Waals surface area contributed by atoms with Gasteiger partial charge in [0, 0.05) is 38.5 Å². The van der Waals surface area contributed by atoms with E-state index in [1.54, 1.807) is 11.8 Å². The summed E-state index contributed by atoms with van der Waals surface area (Å²) in [6.07, 6.45) is 2.33. The number of ether oxygens (including phenoxy) is 1. The van der Waals surface area contributed by atoms with E-state index in [0.29, 0.717) is 32.8 Å². The molecule has 1 rings (SSSR count). The first-order valence-corrected chi connectivity index (χ1v) is 5.20. The van der Waals surface area contributed by atoms with E-state index in [1.165, 1.54) is 6.20 Å². The monoisotopic (exact) mass is 228 g/mol. The summed E-state index contributed by atoms with van der Waals surface area (Å²) in [5.41, 5.74) is 0. The Morgan fingerprint density at radius 2 is 1.94 bits per heavy atom. The van der Waals surface area contributed by atoms with E-state index >= 15 is 0 Å². The number of nitrogens with zero attached hydrogens (tertiary/aromatic N) is 2. The van der Waals surface area contributed by atoms with Gasteiger partial charge in [-0.25, -0.2) is 9.59 Å². The Morgan fingerprint density at radius 1 is 1.31 bits per heavy atom. The van der Waals surface area contributed by atoms with Gasteiger partial charge < -0.3 is 19.6 Å². The van der Waals surface area contributed by atoms with Crippen molar-refractivity contribution in [3.8, 4) is 0 Å². The minimum absolute atomic E-state index is 0.302. The molecule has 0 aliphatic carbocycles. The minimum atomic E-state index is -0.965. The molecule has 0 aromatic heterocycles. The molecule has 0 radical (unpaired) electrons. The molecule has 0 unspecified atom stereocenters. The van der Waals surface area contributed by atoms with E-state index in [9.17, 15) is 9.59 Å². The van der Waals surface area contributed by atoms with Gasteiger partial charge in [-0.2, -0.15) is 0 Å². The molecular formula is C10H16N2O4. The number of rotatable bonds is 3. The Hall–Kier alpha value is -1.72. The zero-order valence-corrected chi connectivity index (χ0v) is 9.26. The van der Waals surface area contributed by atoms with Crippen molar-refractivity contribution in [3.05, 3.63) is 12.3 Å². The normalized spacial score (nSPS) is 16.6. The lowest BCUT2D eigenvalue weighted by molar-refractivity contribution is -0.131. The molecule has 1 N–H and O–H groups in total. The Bertz CT molecular complexity index is 283. The van der Waals surface area contributed by atoms with E-state index < -0.39 is 5.97 Å². The predicted octanol–water partition coefficient (Wildman–Crippen LogP) is 0.359. The molecule has 90 valence electrons. The van der Waals surface area contributed by atoms with Crippen LogP contribution in [0.25, 0.3) is 0 Å². The Morgan fingerprint density at radius 3 is 2.44 bits per heavy atom. The van der Waals surface area contributed by atoms with E-state index in [-0.39, 0.29) is 6.09 Å². The van der Waals surface area contributed by atoms with Gasteiger partial charge in [0.25, 0.3) is 0 Å². The fraction of sp³-hybridized carbons (Fsp3) is 0.600. The first-order valence-electron chi connectivity index (χ1n) is 5.20. The largest absolute Gasteiger partial charge is 0.478 e. The van der Waals surface area contributed by atoms with Crippen LogP contribution < -0.4 is 0 Å². The van der Waals surface area contributed by atoms with Crippen LogP contribution in [0.15, 0.2) is 12.3 Å². The van der Waals surface area contributed by atoms with Crippen molar-refractivity contribution >= 4 is 12.1 Å². The third-order valence-electron chi connectivity index (χ3n) is 2.27. The second-order valence-corrected chi connectivity index (χ2v) is 3.38. The summed E-state index contributed by atoms with van der Waals surface area (Å²) in [6.45, 7) is 4.51. The highest BCUT2D eigenvalue weighted by Gasteiger charge is 2.19. The van der Waals surface area contributed by atoms with Crippen LogP contribution in [-0.2, 0) is 9.53 Å². The van der Waals surface area contributed by atoms with Gasteiger partial charge >= 0.3 is 12.1 Å². The average Bonchev–Trinajstić information content (AvgIpc) is 2.27. The summed E-state index contributed by atoms with van der Waals surface area (Å²) in [5.74, 6) is -0.965. The van der Waals surface area contributed by atoms with Crippen molar-refractivity contribution in [1.29, 1.82) is 0 Å². The molecule has 1 aliphatic heterocycles. The maximum absolute atomic E-state index is 11.3. The molecule has 0 bridgehead atoms. The Labute approximate surface area is 94.1 Å². The molecule has 0 spiro atoms. The second-order valence-electron chi connectivity index (χ2n) is 3.38. The molecular weight excluding hydrogens is 212 g/mol. The summed E-state index contributed by atoms with van der Waals surface area (Å²) in [4.78, 5) is 25.1. The highest BCUT2D eigenvalue weighted by molar-refractivity contribution is 5.79. The van der Waals surface area contributed by atoms with Crippen molar-refractivity contribution in [1.82, 2.24) is 9.80 Å². The molecule has 1 amide bonds. The number of piperazine rings is 1. The van der Waals surface area contributed by atoms with Gasteiger partial charge in [0.2, 0.25) is 0 Å². The van der Waals surface area contributed by atoms with Crippen LogP contribution in [0.3, 0.4) is 0 Å². The number of carbonyl (C=O) groups excluding carboxylic acids is 1. The fourth-order valence-corrected chi connectivity index (χ4v) is 1.44. The van der Waals surface area contributed by atoms with Crippen LogP contribution in [0.1, 0.15) is 6.92 Å². The highest BCUT2D eigenvalue weighted by atomic mass is 16.6. The lowest BCUT2D eigenvalue weighted by Gasteiger charge is -2.33. The number of hydrogen-bond donors (Lipinski definition) is 1. The van der Waals surface area contributed by atoms with Crippen molar-refractivity contribution in [2.45, 2.75) is 6.92 Å². The second kappa shape index (κ2) is 5.99. The number of carboxylic acids is 1. The van der Waals surface area contributed by atoms with Crippen molar-refractivity contribution in [2.75, 3.05) is 32.8 Å². The number of hydrogen-bond acceptors (Lipinski definition) is 4. The number of carboxylic acid groups (broad SMARTS) is 1. The standard InChI is InChI=1S/C10H16N2O4/c1-2-16-10(15)12-7-5-11(6-8-12)4-3-9(13)14/h3-4H,2,5-8H2,1H3,(H,13,14)/b4-3+. The Kier molecular flexibility index (Phi) is 4.63. The van der Waals surface area contributed by atoms with Crippen molar-refractivity contribution in [3.63, 3.8) is 0 Å². The molecule has 6 nitrogen and oxygen atoms in total. The van der Waals surface area contributed by atoms with Gasteiger partial charge in [-0.15, -0.1) is 0 Å². The van der Waals surface area contributed by atoms with Gasteiger partial charge in [0.15, 0.2) is 0 Å². The first-order chi connectivity index (χ1) is 7.63. The number of aliphatic carboxylic acids is 1. The molecule has 0 aromatic carbocycles. The van der Waals surface area contributed by atoms with Crippen LogP contribution >= 0.6 is 0 Å². The lowest BCUT2D eigenvalue weighted by Crippen LogP contribution is -2.47. The topological polar surface area (TPSA) is 70.1 Å². The summed E-state index contributed by atoms with van der Waals surface area (Å²) < 4.78 is 4.87. The smallest absolute Gasteiger partial charge is 0.409 e. The zero-order chi connectivity index (χ0) is 12.0. The quantitative estimate of drug-likeness (QED) is 0.706. The summed E-state index contributed by atoms with van der Waals surface area (Å²) in [6, 6.07) is 0. The van der Waals surface area contributed by atoms with Crippen LogP contribution in [0.5, 0.6) is 0 Å². The molecule has 6 heteroatoms. The van der Waals surface area contributed by atoms with Gasteiger partial charge in [0.1, 0.15) is 0 Å².